The highest BCUT2D eigenvalue weighted by molar-refractivity contribution is 7.80. The molecule has 2 aromatic heterocycles. The van der Waals surface area contributed by atoms with Crippen molar-refractivity contribution >= 4 is 28.8 Å². The van der Waals surface area contributed by atoms with Gasteiger partial charge in [0.25, 0.3) is 0 Å². The van der Waals surface area contributed by atoms with E-state index in [0.717, 1.165) is 17.1 Å². The number of nitrogens with one attached hydrogen (secondary N) is 1. The van der Waals surface area contributed by atoms with Crippen LogP contribution in [0.5, 0.6) is 0 Å². The summed E-state index contributed by atoms with van der Waals surface area (Å²) >= 11 is 4.92. The Balaban J connectivity index is 2.34. The molecule has 0 radical (unpaired) electrons. The monoisotopic (exact) mass is 262 g/mol. The van der Waals surface area contributed by atoms with Gasteiger partial charge in [-0.15, -0.1) is 0 Å². The molecule has 2 heterocycles. The van der Waals surface area contributed by atoms with Crippen LogP contribution in [0.4, 0.5) is 11.6 Å². The van der Waals surface area contributed by atoms with Crippen molar-refractivity contribution in [1.82, 2.24) is 19.7 Å². The molecule has 0 spiro atoms. The van der Waals surface area contributed by atoms with Gasteiger partial charge in [-0.1, -0.05) is 12.2 Å². The van der Waals surface area contributed by atoms with Gasteiger partial charge in [-0.25, -0.2) is 9.97 Å². The standard InChI is InChI=1S/C11H14N6S/c1-6-4-8(10(12)18)14-11(13-6)15-9-5-17(3)16-7(9)2/h4-5H,1-3H3,(H2,12,18)(H,13,14,15). The molecule has 0 aliphatic heterocycles. The normalized spacial score (nSPS) is 10.4. The Morgan fingerprint density at radius 1 is 1.39 bits per heavy atom. The Bertz CT molecular complexity index is 604. The SMILES string of the molecule is Cc1cc(C(N)=S)nc(Nc2cn(C)nc2C)n1. The highest BCUT2D eigenvalue weighted by Gasteiger charge is 2.08. The van der Waals surface area contributed by atoms with Crippen molar-refractivity contribution in [2.75, 3.05) is 5.32 Å². The zero-order chi connectivity index (χ0) is 13.3. The molecule has 0 bridgehead atoms. The van der Waals surface area contributed by atoms with E-state index < -0.39 is 0 Å². The fourth-order valence-corrected chi connectivity index (χ4v) is 1.70. The first-order valence-electron chi connectivity index (χ1n) is 5.38. The number of hydrogen-bond donors (Lipinski definition) is 2. The summed E-state index contributed by atoms with van der Waals surface area (Å²) in [6, 6.07) is 1.75. The average Bonchev–Trinajstić information content (AvgIpc) is 2.56. The molecule has 0 unspecified atom stereocenters. The smallest absolute Gasteiger partial charge is 0.228 e. The summed E-state index contributed by atoms with van der Waals surface area (Å²) in [6.07, 6.45) is 1.86. The Labute approximate surface area is 110 Å². The van der Waals surface area contributed by atoms with Gasteiger partial charge in [0.15, 0.2) is 0 Å². The maximum absolute atomic E-state index is 5.58. The van der Waals surface area contributed by atoms with E-state index in [1.807, 2.05) is 27.1 Å². The predicted octanol–water partition coefficient (Wildman–Crippen LogP) is 1.20. The molecule has 2 aromatic rings. The lowest BCUT2D eigenvalue weighted by Crippen LogP contribution is -2.13. The van der Waals surface area contributed by atoms with Crippen molar-refractivity contribution in [3.05, 3.63) is 29.3 Å². The third kappa shape index (κ3) is 2.62. The Kier molecular flexibility index (Phi) is 3.24. The lowest BCUT2D eigenvalue weighted by molar-refractivity contribution is 0.756. The van der Waals surface area contributed by atoms with Crippen molar-refractivity contribution in [2.24, 2.45) is 12.8 Å². The van der Waals surface area contributed by atoms with Gasteiger partial charge in [-0.2, -0.15) is 5.10 Å². The summed E-state index contributed by atoms with van der Waals surface area (Å²) in [5, 5.41) is 7.34. The molecule has 0 saturated carbocycles. The van der Waals surface area contributed by atoms with Crippen LogP contribution in [0.3, 0.4) is 0 Å². The summed E-state index contributed by atoms with van der Waals surface area (Å²) in [5.74, 6) is 0.467. The van der Waals surface area contributed by atoms with Crippen molar-refractivity contribution in [3.63, 3.8) is 0 Å². The van der Waals surface area contributed by atoms with E-state index in [-0.39, 0.29) is 4.99 Å². The van der Waals surface area contributed by atoms with Crippen LogP contribution in [-0.4, -0.2) is 24.7 Å². The fourth-order valence-electron chi connectivity index (χ4n) is 1.59. The highest BCUT2D eigenvalue weighted by Crippen LogP contribution is 2.16. The number of rotatable bonds is 3. The van der Waals surface area contributed by atoms with Crippen molar-refractivity contribution in [3.8, 4) is 0 Å². The predicted molar refractivity (Wildman–Crippen MR) is 73.9 cm³/mol. The molecule has 0 aliphatic carbocycles. The summed E-state index contributed by atoms with van der Waals surface area (Å²) in [4.78, 5) is 8.80. The highest BCUT2D eigenvalue weighted by atomic mass is 32.1. The Hall–Kier alpha value is -2.02. The van der Waals surface area contributed by atoms with E-state index >= 15 is 0 Å². The zero-order valence-electron chi connectivity index (χ0n) is 10.4. The van der Waals surface area contributed by atoms with Crippen LogP contribution >= 0.6 is 12.2 Å². The number of hydrogen-bond acceptors (Lipinski definition) is 5. The van der Waals surface area contributed by atoms with Crippen molar-refractivity contribution in [1.29, 1.82) is 0 Å². The molecule has 0 saturated heterocycles. The molecule has 0 fully saturated rings. The van der Waals surface area contributed by atoms with Gasteiger partial charge in [0.1, 0.15) is 10.7 Å². The molecule has 0 aliphatic rings. The van der Waals surface area contributed by atoms with Crippen LogP contribution < -0.4 is 11.1 Å². The van der Waals surface area contributed by atoms with E-state index in [2.05, 4.69) is 20.4 Å². The van der Waals surface area contributed by atoms with Crippen LogP contribution in [0.2, 0.25) is 0 Å². The number of nitrogens with zero attached hydrogens (tertiary/aromatic N) is 4. The van der Waals surface area contributed by atoms with Gasteiger partial charge < -0.3 is 11.1 Å². The zero-order valence-corrected chi connectivity index (χ0v) is 11.2. The van der Waals surface area contributed by atoms with Gasteiger partial charge in [0.2, 0.25) is 5.95 Å². The number of thiocarbonyl (C=S) groups is 1. The lowest BCUT2D eigenvalue weighted by Gasteiger charge is -2.06. The molecule has 18 heavy (non-hydrogen) atoms. The minimum atomic E-state index is 0.256. The average molecular weight is 262 g/mol. The second-order valence-electron chi connectivity index (χ2n) is 4.01. The fraction of sp³-hybridized carbons (Fsp3) is 0.273. The molecule has 6 nitrogen and oxygen atoms in total. The first-order chi connectivity index (χ1) is 8.45. The minimum absolute atomic E-state index is 0.256. The second kappa shape index (κ2) is 4.69. The first kappa shape index (κ1) is 12.4. The number of aromatic nitrogens is 4. The molecule has 0 amide bonds. The second-order valence-corrected chi connectivity index (χ2v) is 4.45. The topological polar surface area (TPSA) is 81.6 Å². The maximum atomic E-state index is 5.58. The van der Waals surface area contributed by atoms with E-state index in [1.54, 1.807) is 10.7 Å². The summed E-state index contributed by atoms with van der Waals surface area (Å²) in [7, 11) is 1.86. The van der Waals surface area contributed by atoms with E-state index in [0.29, 0.717) is 11.6 Å². The molecular formula is C11H14N6S. The summed E-state index contributed by atoms with van der Waals surface area (Å²) in [6.45, 7) is 3.78. The Morgan fingerprint density at radius 2 is 2.11 bits per heavy atom. The van der Waals surface area contributed by atoms with E-state index in [9.17, 15) is 0 Å². The number of nitrogens with two attached hydrogens (primary N) is 1. The van der Waals surface area contributed by atoms with Crippen molar-refractivity contribution in [2.45, 2.75) is 13.8 Å². The number of aryl methyl sites for hydroxylation is 3. The van der Waals surface area contributed by atoms with Gasteiger partial charge in [0, 0.05) is 18.9 Å². The summed E-state index contributed by atoms with van der Waals surface area (Å²) in [5.41, 5.74) is 8.67. The molecule has 94 valence electrons. The minimum Gasteiger partial charge on any atom is -0.388 e. The summed E-state index contributed by atoms with van der Waals surface area (Å²) < 4.78 is 1.72. The van der Waals surface area contributed by atoms with Crippen LogP contribution in [0.1, 0.15) is 17.1 Å². The van der Waals surface area contributed by atoms with Crippen LogP contribution in [0, 0.1) is 13.8 Å². The van der Waals surface area contributed by atoms with Gasteiger partial charge >= 0.3 is 0 Å². The third-order valence-electron chi connectivity index (χ3n) is 2.37. The van der Waals surface area contributed by atoms with Crippen LogP contribution in [0.15, 0.2) is 12.3 Å². The molecule has 7 heteroatoms. The van der Waals surface area contributed by atoms with Gasteiger partial charge in [-0.05, 0) is 19.9 Å². The third-order valence-corrected chi connectivity index (χ3v) is 2.58. The lowest BCUT2D eigenvalue weighted by atomic mass is 10.3. The molecule has 0 aromatic carbocycles. The number of anilines is 2. The quantitative estimate of drug-likeness (QED) is 0.809. The molecule has 2 rings (SSSR count). The van der Waals surface area contributed by atoms with E-state index in [4.69, 9.17) is 18.0 Å². The van der Waals surface area contributed by atoms with E-state index in [1.165, 1.54) is 0 Å². The first-order valence-corrected chi connectivity index (χ1v) is 5.79. The molecule has 0 atom stereocenters. The Morgan fingerprint density at radius 3 is 2.67 bits per heavy atom. The maximum Gasteiger partial charge on any atom is 0.228 e. The van der Waals surface area contributed by atoms with Gasteiger partial charge in [0.05, 0.1) is 11.4 Å². The van der Waals surface area contributed by atoms with Gasteiger partial charge in [-0.3, -0.25) is 4.68 Å². The van der Waals surface area contributed by atoms with Crippen LogP contribution in [-0.2, 0) is 7.05 Å². The van der Waals surface area contributed by atoms with Crippen LogP contribution in [0.25, 0.3) is 0 Å². The largest absolute Gasteiger partial charge is 0.388 e. The van der Waals surface area contributed by atoms with Crippen molar-refractivity contribution < 1.29 is 0 Å². The molecule has 3 N–H and O–H groups in total. The molecular weight excluding hydrogens is 248 g/mol.